The van der Waals surface area contributed by atoms with E-state index in [0.717, 1.165) is 0 Å². The van der Waals surface area contributed by atoms with E-state index in [4.69, 9.17) is 5.11 Å². The van der Waals surface area contributed by atoms with Crippen LogP contribution in [0, 0.1) is 0 Å². The van der Waals surface area contributed by atoms with Crippen molar-refractivity contribution < 1.29 is 15.0 Å². The first-order valence-electron chi connectivity index (χ1n) is 3.36. The van der Waals surface area contributed by atoms with Crippen molar-refractivity contribution in [2.75, 3.05) is 0 Å². The van der Waals surface area contributed by atoms with Gasteiger partial charge in [-0.1, -0.05) is 0 Å². The highest BCUT2D eigenvalue weighted by molar-refractivity contribution is 5.67. The minimum absolute atomic E-state index is 0.326. The van der Waals surface area contributed by atoms with Crippen LogP contribution in [0.15, 0.2) is 18.6 Å². The quantitative estimate of drug-likeness (QED) is 0.662. The zero-order valence-electron chi connectivity index (χ0n) is 6.21. The molecular weight excluding hydrogens is 160 g/mol. The van der Waals surface area contributed by atoms with Crippen molar-refractivity contribution in [3.05, 3.63) is 24.3 Å². The van der Waals surface area contributed by atoms with Gasteiger partial charge in [-0.15, -0.1) is 0 Å². The molecule has 1 aromatic rings. The van der Waals surface area contributed by atoms with Gasteiger partial charge in [-0.3, -0.25) is 4.79 Å². The molecule has 5 nitrogen and oxygen atoms in total. The van der Waals surface area contributed by atoms with E-state index in [0.29, 0.717) is 5.69 Å². The van der Waals surface area contributed by atoms with Gasteiger partial charge in [0, 0.05) is 6.20 Å². The summed E-state index contributed by atoms with van der Waals surface area (Å²) in [5.41, 5.74) is 0.326. The summed E-state index contributed by atoms with van der Waals surface area (Å²) in [6, 6.07) is 1.48. The topological polar surface area (TPSA) is 83.3 Å². The number of aliphatic carboxylic acids is 1. The third-order valence-electron chi connectivity index (χ3n) is 1.31. The van der Waals surface area contributed by atoms with Gasteiger partial charge in [0.2, 0.25) is 0 Å². The summed E-state index contributed by atoms with van der Waals surface area (Å²) in [7, 11) is 0. The third kappa shape index (κ3) is 2.28. The van der Waals surface area contributed by atoms with Crippen LogP contribution in [-0.4, -0.2) is 26.2 Å². The first-order valence-corrected chi connectivity index (χ1v) is 3.36. The molecule has 0 fully saturated rings. The smallest absolute Gasteiger partial charge is 0.306 e. The van der Waals surface area contributed by atoms with E-state index in [1.54, 1.807) is 0 Å². The molecule has 0 aromatic carbocycles. The molecule has 0 spiro atoms. The van der Waals surface area contributed by atoms with Gasteiger partial charge in [-0.25, -0.2) is 9.97 Å². The Bertz CT molecular complexity index is 263. The number of hydrogen-bond acceptors (Lipinski definition) is 4. The molecule has 0 aliphatic heterocycles. The third-order valence-corrected chi connectivity index (χ3v) is 1.31. The molecular formula is C7H8N2O3. The molecule has 0 aliphatic rings. The van der Waals surface area contributed by atoms with Gasteiger partial charge in [0.1, 0.15) is 12.4 Å². The van der Waals surface area contributed by atoms with Crippen molar-refractivity contribution in [1.82, 2.24) is 9.97 Å². The summed E-state index contributed by atoms with van der Waals surface area (Å²) < 4.78 is 0. The molecule has 12 heavy (non-hydrogen) atoms. The molecule has 0 radical (unpaired) electrons. The van der Waals surface area contributed by atoms with Crippen molar-refractivity contribution in [3.63, 3.8) is 0 Å². The van der Waals surface area contributed by atoms with E-state index in [-0.39, 0.29) is 6.42 Å². The Morgan fingerprint density at radius 1 is 1.67 bits per heavy atom. The Kier molecular flexibility index (Phi) is 2.71. The number of aromatic nitrogens is 2. The van der Waals surface area contributed by atoms with E-state index in [1.165, 1.54) is 18.6 Å². The van der Waals surface area contributed by atoms with Gasteiger partial charge in [0.15, 0.2) is 0 Å². The van der Waals surface area contributed by atoms with Gasteiger partial charge in [0.25, 0.3) is 0 Å². The maximum absolute atomic E-state index is 10.2. The van der Waals surface area contributed by atoms with Crippen LogP contribution in [0.2, 0.25) is 0 Å². The highest BCUT2D eigenvalue weighted by Crippen LogP contribution is 2.11. The fourth-order valence-corrected chi connectivity index (χ4v) is 0.768. The predicted octanol–water partition coefficient (Wildman–Crippen LogP) is -0.0153. The standard InChI is InChI=1S/C7H8N2O3/c10-6(3-7(11)12)5-1-2-8-4-9-5/h1-2,4,6,10H,3H2,(H,11,12). The Hall–Kier alpha value is -1.49. The van der Waals surface area contributed by atoms with Crippen molar-refractivity contribution >= 4 is 5.97 Å². The van der Waals surface area contributed by atoms with Gasteiger partial charge >= 0.3 is 5.97 Å². The molecule has 0 bridgehead atoms. The number of hydrogen-bond donors (Lipinski definition) is 2. The first kappa shape index (κ1) is 8.61. The number of carbonyl (C=O) groups is 1. The summed E-state index contributed by atoms with van der Waals surface area (Å²) >= 11 is 0. The highest BCUT2D eigenvalue weighted by Gasteiger charge is 2.12. The molecule has 0 saturated heterocycles. The maximum Gasteiger partial charge on any atom is 0.306 e. The minimum atomic E-state index is -1.05. The van der Waals surface area contributed by atoms with Crippen molar-refractivity contribution in [1.29, 1.82) is 0 Å². The zero-order valence-corrected chi connectivity index (χ0v) is 6.21. The van der Waals surface area contributed by atoms with Crippen LogP contribution < -0.4 is 0 Å². The molecule has 1 heterocycles. The lowest BCUT2D eigenvalue weighted by atomic mass is 10.2. The Morgan fingerprint density at radius 3 is 2.92 bits per heavy atom. The van der Waals surface area contributed by atoms with Crippen molar-refractivity contribution in [3.8, 4) is 0 Å². The second-order valence-corrected chi connectivity index (χ2v) is 2.25. The second kappa shape index (κ2) is 3.77. The Balaban J connectivity index is 2.65. The van der Waals surface area contributed by atoms with Crippen molar-refractivity contribution in [2.45, 2.75) is 12.5 Å². The second-order valence-electron chi connectivity index (χ2n) is 2.25. The SMILES string of the molecule is O=C(O)CC(O)c1ccncn1. The Labute approximate surface area is 68.7 Å². The fraction of sp³-hybridized carbons (Fsp3) is 0.286. The van der Waals surface area contributed by atoms with Gasteiger partial charge in [-0.2, -0.15) is 0 Å². The van der Waals surface area contributed by atoms with E-state index in [9.17, 15) is 9.90 Å². The number of nitrogens with zero attached hydrogens (tertiary/aromatic N) is 2. The summed E-state index contributed by atoms with van der Waals surface area (Å²) in [4.78, 5) is 17.5. The monoisotopic (exact) mass is 168 g/mol. The molecule has 0 amide bonds. The van der Waals surface area contributed by atoms with Crippen LogP contribution in [0.4, 0.5) is 0 Å². The number of rotatable bonds is 3. The molecule has 0 aliphatic carbocycles. The maximum atomic E-state index is 10.2. The molecule has 1 unspecified atom stereocenters. The largest absolute Gasteiger partial charge is 0.481 e. The van der Waals surface area contributed by atoms with Crippen LogP contribution >= 0.6 is 0 Å². The number of carboxylic acid groups (broad SMARTS) is 1. The lowest BCUT2D eigenvalue weighted by Gasteiger charge is -2.04. The van der Waals surface area contributed by atoms with Crippen LogP contribution in [-0.2, 0) is 4.79 Å². The highest BCUT2D eigenvalue weighted by atomic mass is 16.4. The number of carboxylic acids is 1. The number of aliphatic hydroxyl groups is 1. The van der Waals surface area contributed by atoms with Crippen LogP contribution in [0.1, 0.15) is 18.2 Å². The first-order chi connectivity index (χ1) is 5.70. The summed E-state index contributed by atoms with van der Waals surface area (Å²) in [6.45, 7) is 0. The Morgan fingerprint density at radius 2 is 2.42 bits per heavy atom. The molecule has 1 rings (SSSR count). The molecule has 5 heteroatoms. The normalized spacial score (nSPS) is 12.4. The van der Waals surface area contributed by atoms with Crippen molar-refractivity contribution in [2.24, 2.45) is 0 Å². The molecule has 0 saturated carbocycles. The molecule has 64 valence electrons. The average molecular weight is 168 g/mol. The van der Waals surface area contributed by atoms with Crippen LogP contribution in [0.3, 0.4) is 0 Å². The lowest BCUT2D eigenvalue weighted by Crippen LogP contribution is -2.06. The molecule has 1 atom stereocenters. The minimum Gasteiger partial charge on any atom is -0.481 e. The zero-order chi connectivity index (χ0) is 8.97. The average Bonchev–Trinajstić information content (AvgIpc) is 2.05. The van der Waals surface area contributed by atoms with Gasteiger partial charge in [-0.05, 0) is 6.07 Å². The lowest BCUT2D eigenvalue weighted by molar-refractivity contribution is -0.139. The van der Waals surface area contributed by atoms with Gasteiger partial charge in [0.05, 0.1) is 12.1 Å². The van der Waals surface area contributed by atoms with E-state index >= 15 is 0 Å². The predicted molar refractivity (Wildman–Crippen MR) is 39.2 cm³/mol. The summed E-state index contributed by atoms with van der Waals surface area (Å²) in [5.74, 6) is -1.05. The van der Waals surface area contributed by atoms with E-state index in [1.807, 2.05) is 0 Å². The van der Waals surface area contributed by atoms with Gasteiger partial charge < -0.3 is 10.2 Å². The fourth-order valence-electron chi connectivity index (χ4n) is 0.768. The summed E-state index contributed by atoms with van der Waals surface area (Å²) in [5, 5.41) is 17.6. The van der Waals surface area contributed by atoms with Crippen LogP contribution in [0.5, 0.6) is 0 Å². The summed E-state index contributed by atoms with van der Waals surface area (Å²) in [6.07, 6.45) is 1.33. The van der Waals surface area contributed by atoms with E-state index in [2.05, 4.69) is 9.97 Å². The molecule has 2 N–H and O–H groups in total. The molecule has 1 aromatic heterocycles. The van der Waals surface area contributed by atoms with E-state index < -0.39 is 12.1 Å². The number of aliphatic hydroxyl groups excluding tert-OH is 1. The van der Waals surface area contributed by atoms with Crippen LogP contribution in [0.25, 0.3) is 0 Å².